The first-order valence-electron chi connectivity index (χ1n) is 4.07. The van der Waals surface area contributed by atoms with E-state index in [4.69, 9.17) is 4.74 Å². The molecule has 1 unspecified atom stereocenters. The highest BCUT2D eigenvalue weighted by molar-refractivity contribution is 9.11. The minimum atomic E-state index is -0.249. The monoisotopic (exact) mass is 308 g/mol. The van der Waals surface area contributed by atoms with Crippen LogP contribution in [0.4, 0.5) is 0 Å². The van der Waals surface area contributed by atoms with Crippen LogP contribution in [0.5, 0.6) is 0 Å². The summed E-state index contributed by atoms with van der Waals surface area (Å²) in [6.07, 6.45) is 3.73. The molecule has 0 aromatic rings. The second-order valence-corrected chi connectivity index (χ2v) is 4.32. The third-order valence-corrected chi connectivity index (χ3v) is 3.13. The van der Waals surface area contributed by atoms with Crippen LogP contribution in [0.2, 0.25) is 0 Å². The molecule has 1 aliphatic heterocycles. The van der Waals surface area contributed by atoms with E-state index in [1.807, 2.05) is 0 Å². The number of hydrogen-bond acceptors (Lipinski definition) is 2. The van der Waals surface area contributed by atoms with Gasteiger partial charge in [-0.1, -0.05) is 45.2 Å². The van der Waals surface area contributed by atoms with Crippen LogP contribution in [0, 0.1) is 0 Å². The zero-order valence-electron chi connectivity index (χ0n) is 7.22. The molecule has 0 N–H and O–H groups in total. The number of esters is 1. The van der Waals surface area contributed by atoms with E-state index in [-0.39, 0.29) is 10.8 Å². The molecule has 0 saturated carbocycles. The molecule has 0 radical (unpaired) electrons. The largest absolute Gasteiger partial charge is 0.423 e. The SMILES string of the molecule is CCCC(Br)C1=C/C(=C/Br)OC1=O. The van der Waals surface area contributed by atoms with Crippen molar-refractivity contribution >= 4 is 37.8 Å². The molecule has 0 aliphatic carbocycles. The average molecular weight is 310 g/mol. The van der Waals surface area contributed by atoms with Crippen LogP contribution in [-0.2, 0) is 9.53 Å². The standard InChI is InChI=1S/C9H10Br2O2/c1-2-3-8(11)7-4-6(5-10)13-9(7)12/h4-5,8H,2-3H2,1H3/b6-5-. The van der Waals surface area contributed by atoms with Gasteiger partial charge >= 0.3 is 5.97 Å². The summed E-state index contributed by atoms with van der Waals surface area (Å²) >= 11 is 6.57. The van der Waals surface area contributed by atoms with Crippen molar-refractivity contribution in [2.75, 3.05) is 0 Å². The van der Waals surface area contributed by atoms with Gasteiger partial charge in [0.05, 0.1) is 5.57 Å². The summed E-state index contributed by atoms with van der Waals surface area (Å²) in [6.45, 7) is 2.08. The third kappa shape index (κ3) is 2.68. The first kappa shape index (κ1) is 11.0. The van der Waals surface area contributed by atoms with Crippen molar-refractivity contribution in [2.45, 2.75) is 24.6 Å². The Labute approximate surface area is 94.3 Å². The molecule has 0 fully saturated rings. The quantitative estimate of drug-likeness (QED) is 0.591. The minimum Gasteiger partial charge on any atom is -0.423 e. The highest BCUT2D eigenvalue weighted by Gasteiger charge is 2.25. The topological polar surface area (TPSA) is 26.3 Å². The maximum Gasteiger partial charge on any atom is 0.340 e. The summed E-state index contributed by atoms with van der Waals surface area (Å²) < 4.78 is 4.94. The molecule has 0 saturated heterocycles. The predicted octanol–water partition coefficient (Wildman–Crippen LogP) is 3.27. The van der Waals surface area contributed by atoms with Crippen LogP contribution >= 0.6 is 31.9 Å². The number of ether oxygens (including phenoxy) is 1. The Bertz CT molecular complexity index is 269. The third-order valence-electron chi connectivity index (χ3n) is 1.73. The number of alkyl halides is 1. The molecule has 2 nitrogen and oxygen atoms in total. The summed E-state index contributed by atoms with van der Waals surface area (Å²) in [7, 11) is 0. The summed E-state index contributed by atoms with van der Waals surface area (Å²) in [4.78, 5) is 13.0. The number of carbonyl (C=O) groups excluding carboxylic acids is 1. The smallest absolute Gasteiger partial charge is 0.340 e. The summed E-state index contributed by atoms with van der Waals surface area (Å²) in [5.41, 5.74) is 0.701. The molecular formula is C9H10Br2O2. The van der Waals surface area contributed by atoms with Crippen molar-refractivity contribution in [1.82, 2.24) is 0 Å². The number of rotatable bonds is 3. The van der Waals surface area contributed by atoms with Crippen molar-refractivity contribution < 1.29 is 9.53 Å². The second-order valence-electron chi connectivity index (χ2n) is 2.76. The number of allylic oxidation sites excluding steroid dienone is 1. The Morgan fingerprint density at radius 2 is 2.38 bits per heavy atom. The first-order chi connectivity index (χ1) is 6.19. The van der Waals surface area contributed by atoms with Gasteiger partial charge in [-0.25, -0.2) is 4.79 Å². The molecule has 72 valence electrons. The number of cyclic esters (lactones) is 1. The molecule has 1 atom stereocenters. The zero-order chi connectivity index (χ0) is 9.84. The number of carbonyl (C=O) groups is 1. The number of hydrogen-bond donors (Lipinski definition) is 0. The molecule has 0 amide bonds. The van der Waals surface area contributed by atoms with Crippen molar-refractivity contribution in [3.63, 3.8) is 0 Å². The number of halogens is 2. The lowest BCUT2D eigenvalue weighted by molar-refractivity contribution is -0.133. The lowest BCUT2D eigenvalue weighted by Crippen LogP contribution is -2.09. The fourth-order valence-corrected chi connectivity index (χ4v) is 2.09. The van der Waals surface area contributed by atoms with Gasteiger partial charge in [0.15, 0.2) is 0 Å². The van der Waals surface area contributed by atoms with Crippen LogP contribution in [0.25, 0.3) is 0 Å². The van der Waals surface area contributed by atoms with E-state index in [9.17, 15) is 4.79 Å². The van der Waals surface area contributed by atoms with Gasteiger partial charge in [-0.15, -0.1) is 0 Å². The van der Waals surface area contributed by atoms with Crippen molar-refractivity contribution in [2.24, 2.45) is 0 Å². The predicted molar refractivity (Wildman–Crippen MR) is 58.8 cm³/mol. The lowest BCUT2D eigenvalue weighted by Gasteiger charge is -2.05. The van der Waals surface area contributed by atoms with Gasteiger partial charge in [-0.2, -0.15) is 0 Å². The van der Waals surface area contributed by atoms with Crippen molar-refractivity contribution in [3.05, 3.63) is 22.4 Å². The normalized spacial score (nSPS) is 21.6. The zero-order valence-corrected chi connectivity index (χ0v) is 10.4. The van der Waals surface area contributed by atoms with Crippen LogP contribution < -0.4 is 0 Å². The van der Waals surface area contributed by atoms with E-state index in [2.05, 4.69) is 38.8 Å². The van der Waals surface area contributed by atoms with Gasteiger partial charge in [-0.3, -0.25) is 0 Å². The minimum absolute atomic E-state index is 0.106. The van der Waals surface area contributed by atoms with Crippen molar-refractivity contribution in [1.29, 1.82) is 0 Å². The fourth-order valence-electron chi connectivity index (χ4n) is 1.09. The van der Waals surface area contributed by atoms with Crippen LogP contribution in [-0.4, -0.2) is 10.8 Å². The van der Waals surface area contributed by atoms with Gasteiger partial charge in [0.25, 0.3) is 0 Å². The lowest BCUT2D eigenvalue weighted by atomic mass is 10.1. The summed E-state index contributed by atoms with van der Waals surface area (Å²) in [5, 5.41) is 0. The van der Waals surface area contributed by atoms with E-state index in [1.165, 1.54) is 0 Å². The Morgan fingerprint density at radius 1 is 1.69 bits per heavy atom. The van der Waals surface area contributed by atoms with Gasteiger partial charge in [0.1, 0.15) is 5.76 Å². The van der Waals surface area contributed by atoms with Crippen LogP contribution in [0.15, 0.2) is 22.4 Å². The molecule has 1 rings (SSSR count). The van der Waals surface area contributed by atoms with E-state index < -0.39 is 0 Å². The van der Waals surface area contributed by atoms with Gasteiger partial charge in [0, 0.05) is 9.81 Å². The maximum absolute atomic E-state index is 11.3. The van der Waals surface area contributed by atoms with E-state index in [0.717, 1.165) is 12.8 Å². The highest BCUT2D eigenvalue weighted by atomic mass is 79.9. The Balaban J connectivity index is 2.74. The molecule has 13 heavy (non-hydrogen) atoms. The van der Waals surface area contributed by atoms with Gasteiger partial charge in [0.2, 0.25) is 0 Å². The molecule has 0 aromatic heterocycles. The summed E-state index contributed by atoms with van der Waals surface area (Å²) in [5.74, 6) is 0.321. The van der Waals surface area contributed by atoms with Crippen LogP contribution in [0.3, 0.4) is 0 Å². The summed E-state index contributed by atoms with van der Waals surface area (Å²) in [6, 6.07) is 0. The molecule has 0 bridgehead atoms. The molecule has 0 aromatic carbocycles. The Kier molecular flexibility index (Phi) is 4.19. The molecule has 0 spiro atoms. The van der Waals surface area contributed by atoms with E-state index in [1.54, 1.807) is 11.1 Å². The highest BCUT2D eigenvalue weighted by Crippen LogP contribution is 2.27. The Morgan fingerprint density at radius 3 is 2.85 bits per heavy atom. The maximum atomic E-state index is 11.3. The average Bonchev–Trinajstić information content (AvgIpc) is 2.47. The molecular weight excluding hydrogens is 300 g/mol. The van der Waals surface area contributed by atoms with E-state index >= 15 is 0 Å². The van der Waals surface area contributed by atoms with Crippen molar-refractivity contribution in [3.8, 4) is 0 Å². The molecule has 4 heteroatoms. The fraction of sp³-hybridized carbons (Fsp3) is 0.444. The first-order valence-corrected chi connectivity index (χ1v) is 5.90. The Hall–Kier alpha value is -0.0900. The van der Waals surface area contributed by atoms with E-state index in [0.29, 0.717) is 11.3 Å². The molecule has 1 heterocycles. The molecule has 1 aliphatic rings. The van der Waals surface area contributed by atoms with Crippen LogP contribution in [0.1, 0.15) is 19.8 Å². The van der Waals surface area contributed by atoms with Gasteiger partial charge in [-0.05, 0) is 12.5 Å². The van der Waals surface area contributed by atoms with Gasteiger partial charge < -0.3 is 4.74 Å². The second kappa shape index (κ2) is 4.96.